The summed E-state index contributed by atoms with van der Waals surface area (Å²) in [4.78, 5) is 10.7. The van der Waals surface area contributed by atoms with Gasteiger partial charge in [0.05, 0.1) is 10.6 Å². The standard InChI is InChI=1S/C19H20N2O4/c1-2-9-3-4-10(21(24)25)7-15(9)20-18(22)16-11-5-6-12(14-8-13(11)14)17(16)19(20)23/h3-4,7,11-14,22-23H,2,5-6,8H2,1H3/t11-,12+,13+,14-. The molecule has 6 nitrogen and oxygen atoms in total. The minimum atomic E-state index is -0.445. The summed E-state index contributed by atoms with van der Waals surface area (Å²) in [6.45, 7) is 1.96. The third kappa shape index (κ3) is 1.79. The summed E-state index contributed by atoms with van der Waals surface area (Å²) in [5.41, 5.74) is 3.11. The van der Waals surface area contributed by atoms with Crippen LogP contribution in [0.5, 0.6) is 11.8 Å². The van der Waals surface area contributed by atoms with Crippen LogP contribution in [0.15, 0.2) is 18.2 Å². The first-order valence-electron chi connectivity index (χ1n) is 8.97. The van der Waals surface area contributed by atoms with E-state index in [-0.39, 0.29) is 17.4 Å². The van der Waals surface area contributed by atoms with Crippen molar-refractivity contribution >= 4 is 5.69 Å². The van der Waals surface area contributed by atoms with Crippen molar-refractivity contribution in [2.45, 2.75) is 44.4 Å². The van der Waals surface area contributed by atoms with Gasteiger partial charge in [-0.05, 0) is 54.9 Å². The molecule has 0 saturated heterocycles. The fourth-order valence-corrected chi connectivity index (χ4v) is 5.38. The summed E-state index contributed by atoms with van der Waals surface area (Å²) >= 11 is 0. The maximum Gasteiger partial charge on any atom is 0.271 e. The van der Waals surface area contributed by atoms with E-state index in [4.69, 9.17) is 0 Å². The van der Waals surface area contributed by atoms with Crippen LogP contribution in [0.4, 0.5) is 5.69 Å². The predicted octanol–water partition coefficient (Wildman–Crippen LogP) is 3.97. The van der Waals surface area contributed by atoms with Crippen LogP contribution in [-0.2, 0) is 6.42 Å². The molecule has 0 amide bonds. The topological polar surface area (TPSA) is 88.5 Å². The monoisotopic (exact) mass is 340 g/mol. The van der Waals surface area contributed by atoms with Crippen molar-refractivity contribution in [1.29, 1.82) is 0 Å². The summed E-state index contributed by atoms with van der Waals surface area (Å²) in [6, 6.07) is 4.63. The molecule has 2 saturated carbocycles. The molecule has 130 valence electrons. The lowest BCUT2D eigenvalue weighted by molar-refractivity contribution is -0.384. The lowest BCUT2D eigenvalue weighted by Gasteiger charge is -2.35. The first-order chi connectivity index (χ1) is 12.0. The van der Waals surface area contributed by atoms with Gasteiger partial charge in [-0.3, -0.25) is 14.7 Å². The average molecular weight is 340 g/mol. The number of aromatic hydroxyl groups is 2. The molecule has 6 rings (SSSR count). The van der Waals surface area contributed by atoms with Gasteiger partial charge in [0.25, 0.3) is 5.69 Å². The van der Waals surface area contributed by atoms with Gasteiger partial charge in [-0.1, -0.05) is 13.0 Å². The number of aryl methyl sites for hydroxylation is 1. The molecule has 2 bridgehead atoms. The Morgan fingerprint density at radius 3 is 2.28 bits per heavy atom. The van der Waals surface area contributed by atoms with Crippen LogP contribution in [0.2, 0.25) is 0 Å². The number of nitro benzene ring substituents is 1. The van der Waals surface area contributed by atoms with Crippen molar-refractivity contribution in [2.75, 3.05) is 0 Å². The van der Waals surface area contributed by atoms with Crippen LogP contribution in [0, 0.1) is 22.0 Å². The zero-order chi connectivity index (χ0) is 17.5. The maximum atomic E-state index is 11.2. The number of aromatic nitrogens is 1. The van der Waals surface area contributed by atoms with Gasteiger partial charge in [0.2, 0.25) is 11.8 Å². The summed E-state index contributed by atoms with van der Waals surface area (Å²) in [6.07, 6.45) is 3.98. The molecule has 4 aliphatic rings. The first kappa shape index (κ1) is 14.8. The molecule has 0 radical (unpaired) electrons. The Morgan fingerprint density at radius 2 is 1.76 bits per heavy atom. The minimum Gasteiger partial charge on any atom is -0.494 e. The second kappa shape index (κ2) is 4.77. The number of benzene rings is 1. The van der Waals surface area contributed by atoms with E-state index in [1.165, 1.54) is 23.1 Å². The van der Waals surface area contributed by atoms with Crippen LogP contribution in [0.25, 0.3) is 5.69 Å². The Bertz CT molecular complexity index is 877. The van der Waals surface area contributed by atoms with E-state index in [2.05, 4.69) is 0 Å². The fraction of sp³-hybridized carbons (Fsp3) is 0.474. The SMILES string of the molecule is CCc1ccc([N+](=O)[O-])cc1-n1c(O)c2c(c1O)[C@@H]1CC[C@H]2[C@H]2C[C@H]21. The van der Waals surface area contributed by atoms with Crippen molar-refractivity contribution in [2.24, 2.45) is 11.8 Å². The third-order valence-corrected chi connectivity index (χ3v) is 6.55. The Morgan fingerprint density at radius 1 is 1.16 bits per heavy atom. The van der Waals surface area contributed by atoms with Crippen molar-refractivity contribution in [3.05, 3.63) is 45.0 Å². The quantitative estimate of drug-likeness (QED) is 0.653. The molecule has 2 fully saturated rings. The zero-order valence-electron chi connectivity index (χ0n) is 14.0. The maximum absolute atomic E-state index is 11.2. The third-order valence-electron chi connectivity index (χ3n) is 6.55. The summed E-state index contributed by atoms with van der Waals surface area (Å²) < 4.78 is 1.44. The van der Waals surface area contributed by atoms with Gasteiger partial charge in [0.1, 0.15) is 0 Å². The smallest absolute Gasteiger partial charge is 0.271 e. The molecular formula is C19H20N2O4. The zero-order valence-corrected chi connectivity index (χ0v) is 14.0. The van der Waals surface area contributed by atoms with E-state index in [9.17, 15) is 20.3 Å². The van der Waals surface area contributed by atoms with Crippen molar-refractivity contribution < 1.29 is 15.1 Å². The molecule has 0 spiro atoms. The Kier molecular flexibility index (Phi) is 2.83. The van der Waals surface area contributed by atoms with E-state index < -0.39 is 4.92 Å². The number of hydrogen-bond donors (Lipinski definition) is 2. The van der Waals surface area contributed by atoms with Crippen LogP contribution in [-0.4, -0.2) is 19.7 Å². The molecule has 25 heavy (non-hydrogen) atoms. The number of rotatable bonds is 3. The van der Waals surface area contributed by atoms with Crippen LogP contribution < -0.4 is 0 Å². The lowest BCUT2D eigenvalue weighted by Crippen LogP contribution is -2.22. The second-order valence-corrected chi connectivity index (χ2v) is 7.59. The molecule has 2 N–H and O–H groups in total. The van der Waals surface area contributed by atoms with Crippen molar-refractivity contribution in [1.82, 2.24) is 4.57 Å². The number of fused-ring (bicyclic) bond motifs is 1. The van der Waals surface area contributed by atoms with Gasteiger partial charge in [-0.15, -0.1) is 0 Å². The highest BCUT2D eigenvalue weighted by Gasteiger charge is 2.59. The molecule has 1 heterocycles. The number of nitrogens with zero attached hydrogens (tertiary/aromatic N) is 2. The fourth-order valence-electron chi connectivity index (χ4n) is 5.38. The summed E-state index contributed by atoms with van der Waals surface area (Å²) in [7, 11) is 0. The van der Waals surface area contributed by atoms with Crippen LogP contribution >= 0.6 is 0 Å². The summed E-state index contributed by atoms with van der Waals surface area (Å²) in [5, 5.41) is 33.1. The molecule has 2 aromatic rings. The molecule has 6 heteroatoms. The largest absolute Gasteiger partial charge is 0.494 e. The van der Waals surface area contributed by atoms with E-state index >= 15 is 0 Å². The van der Waals surface area contributed by atoms with Crippen LogP contribution in [0.3, 0.4) is 0 Å². The highest BCUT2D eigenvalue weighted by atomic mass is 16.6. The van der Waals surface area contributed by atoms with Crippen molar-refractivity contribution in [3.8, 4) is 17.4 Å². The van der Waals surface area contributed by atoms with E-state index in [1.54, 1.807) is 6.07 Å². The Hall–Kier alpha value is -2.50. The van der Waals surface area contributed by atoms with Gasteiger partial charge in [-0.2, -0.15) is 0 Å². The van der Waals surface area contributed by atoms with E-state index in [0.29, 0.717) is 35.8 Å². The first-order valence-corrected chi connectivity index (χ1v) is 8.97. The molecule has 4 atom stereocenters. The molecule has 0 unspecified atom stereocenters. The molecule has 0 aliphatic heterocycles. The van der Waals surface area contributed by atoms with Gasteiger partial charge in [-0.25, -0.2) is 0 Å². The number of hydrogen-bond acceptors (Lipinski definition) is 4. The molecule has 1 aromatic carbocycles. The lowest BCUT2D eigenvalue weighted by atomic mass is 9.68. The normalized spacial score (nSPS) is 28.5. The minimum absolute atomic E-state index is 0.0384. The van der Waals surface area contributed by atoms with Gasteiger partial charge < -0.3 is 10.2 Å². The molecule has 1 aromatic heterocycles. The molecular weight excluding hydrogens is 320 g/mol. The second-order valence-electron chi connectivity index (χ2n) is 7.59. The van der Waals surface area contributed by atoms with E-state index in [1.807, 2.05) is 6.92 Å². The molecule has 4 aliphatic carbocycles. The van der Waals surface area contributed by atoms with Gasteiger partial charge in [0.15, 0.2) is 0 Å². The summed E-state index contributed by atoms with van der Waals surface area (Å²) in [5.74, 6) is 2.07. The van der Waals surface area contributed by atoms with E-state index in [0.717, 1.165) is 29.5 Å². The average Bonchev–Trinajstić information content (AvgIpc) is 3.39. The highest BCUT2D eigenvalue weighted by molar-refractivity contribution is 5.62. The Balaban J connectivity index is 1.75. The van der Waals surface area contributed by atoms with Crippen molar-refractivity contribution in [3.63, 3.8) is 0 Å². The van der Waals surface area contributed by atoms with Gasteiger partial charge in [0, 0.05) is 23.3 Å². The van der Waals surface area contributed by atoms with Gasteiger partial charge >= 0.3 is 0 Å². The predicted molar refractivity (Wildman–Crippen MR) is 91.4 cm³/mol. The number of nitro groups is 1. The highest BCUT2D eigenvalue weighted by Crippen LogP contribution is 2.70. The number of non-ortho nitro benzene ring substituents is 1. The Labute approximate surface area is 144 Å². The van der Waals surface area contributed by atoms with Crippen LogP contribution in [0.1, 0.15) is 54.7 Å².